The van der Waals surface area contributed by atoms with Gasteiger partial charge in [0.15, 0.2) is 0 Å². The topological polar surface area (TPSA) is 79.3 Å². The summed E-state index contributed by atoms with van der Waals surface area (Å²) in [5.74, 6) is -1.39. The number of nitrogens with one attached hydrogen (secondary N) is 1. The molecule has 1 atom stereocenters. The Balaban J connectivity index is 2.69. The molecule has 1 rings (SSSR count). The molecule has 0 bridgehead atoms. The van der Waals surface area contributed by atoms with Crippen LogP contribution in [0.15, 0.2) is 31.0 Å². The molecule has 1 amide bonds. The smallest absolute Gasteiger partial charge is 0.337 e. The van der Waals surface area contributed by atoms with E-state index < -0.39 is 5.97 Å². The fourth-order valence-electron chi connectivity index (χ4n) is 1.26. The number of hydrogen-bond acceptors (Lipinski definition) is 3. The number of pyridine rings is 1. The number of hydrogen-bond donors (Lipinski definition) is 2. The second kappa shape index (κ2) is 5.79. The highest BCUT2D eigenvalue weighted by atomic mass is 16.4. The van der Waals surface area contributed by atoms with Crippen molar-refractivity contribution in [1.82, 2.24) is 10.3 Å². The molecule has 0 spiro atoms. The largest absolute Gasteiger partial charge is 0.478 e. The molecular formula is C12H14N2O3. The third-order valence-electron chi connectivity index (χ3n) is 2.14. The summed E-state index contributed by atoms with van der Waals surface area (Å²) >= 11 is 0. The van der Waals surface area contributed by atoms with E-state index in [9.17, 15) is 9.59 Å². The van der Waals surface area contributed by atoms with Gasteiger partial charge >= 0.3 is 5.97 Å². The van der Waals surface area contributed by atoms with Crippen molar-refractivity contribution in [2.75, 3.05) is 0 Å². The summed E-state index contributed by atoms with van der Waals surface area (Å²) in [7, 11) is 0. The van der Waals surface area contributed by atoms with Gasteiger partial charge in [-0.1, -0.05) is 6.08 Å². The quantitative estimate of drug-likeness (QED) is 0.756. The van der Waals surface area contributed by atoms with Crippen LogP contribution in [-0.4, -0.2) is 28.0 Å². The van der Waals surface area contributed by atoms with Gasteiger partial charge in [-0.25, -0.2) is 4.79 Å². The number of carboxylic acid groups (broad SMARTS) is 1. The first-order valence-corrected chi connectivity index (χ1v) is 5.15. The summed E-state index contributed by atoms with van der Waals surface area (Å²) in [6.45, 7) is 5.43. The van der Waals surface area contributed by atoms with Gasteiger partial charge in [-0.2, -0.15) is 0 Å². The predicted molar refractivity (Wildman–Crippen MR) is 62.9 cm³/mol. The Morgan fingerprint density at radius 2 is 2.29 bits per heavy atom. The highest BCUT2D eigenvalue weighted by Crippen LogP contribution is 2.01. The van der Waals surface area contributed by atoms with E-state index in [1.54, 1.807) is 6.08 Å². The van der Waals surface area contributed by atoms with E-state index in [2.05, 4.69) is 16.9 Å². The summed E-state index contributed by atoms with van der Waals surface area (Å²) in [4.78, 5) is 26.0. The van der Waals surface area contributed by atoms with Crippen molar-refractivity contribution in [1.29, 1.82) is 0 Å². The number of aromatic nitrogens is 1. The van der Waals surface area contributed by atoms with Crippen molar-refractivity contribution in [3.8, 4) is 0 Å². The minimum Gasteiger partial charge on any atom is -0.478 e. The summed E-state index contributed by atoms with van der Waals surface area (Å²) < 4.78 is 0. The lowest BCUT2D eigenvalue weighted by Crippen LogP contribution is -2.32. The molecule has 1 aromatic heterocycles. The fourth-order valence-corrected chi connectivity index (χ4v) is 1.26. The van der Waals surface area contributed by atoms with Gasteiger partial charge < -0.3 is 10.4 Å². The normalized spacial score (nSPS) is 11.6. The van der Waals surface area contributed by atoms with Crippen LogP contribution in [0.4, 0.5) is 0 Å². The van der Waals surface area contributed by atoms with Crippen LogP contribution < -0.4 is 5.32 Å². The molecule has 90 valence electrons. The van der Waals surface area contributed by atoms with E-state index >= 15 is 0 Å². The molecule has 5 nitrogen and oxygen atoms in total. The third kappa shape index (κ3) is 3.71. The van der Waals surface area contributed by atoms with Crippen molar-refractivity contribution in [3.05, 3.63) is 42.2 Å². The first-order chi connectivity index (χ1) is 8.04. The number of carboxylic acids is 1. The monoisotopic (exact) mass is 234 g/mol. The lowest BCUT2D eigenvalue weighted by Gasteiger charge is -2.10. The number of amides is 1. The van der Waals surface area contributed by atoms with Crippen LogP contribution in [0.1, 0.15) is 34.2 Å². The minimum absolute atomic E-state index is 0.0269. The molecule has 5 heteroatoms. The summed E-state index contributed by atoms with van der Waals surface area (Å²) in [5.41, 5.74) is 0.256. The Kier molecular flexibility index (Phi) is 4.39. The standard InChI is InChI=1S/C12H14N2O3/c1-3-4-8(2)14-11(15)10-6-5-9(7-13-10)12(16)17/h3,5-8H,1,4H2,2H3,(H,14,15)(H,16,17). The average molecular weight is 234 g/mol. The van der Waals surface area contributed by atoms with E-state index in [1.807, 2.05) is 6.92 Å². The first-order valence-electron chi connectivity index (χ1n) is 5.15. The van der Waals surface area contributed by atoms with Crippen molar-refractivity contribution < 1.29 is 14.7 Å². The Morgan fingerprint density at radius 1 is 1.59 bits per heavy atom. The minimum atomic E-state index is -1.07. The molecule has 0 aliphatic heterocycles. The van der Waals surface area contributed by atoms with Gasteiger partial charge in [0.05, 0.1) is 5.56 Å². The molecule has 0 saturated carbocycles. The Morgan fingerprint density at radius 3 is 2.76 bits per heavy atom. The van der Waals surface area contributed by atoms with Crippen molar-refractivity contribution >= 4 is 11.9 Å². The molecular weight excluding hydrogens is 220 g/mol. The molecule has 0 aliphatic carbocycles. The Labute approximate surface area is 99.2 Å². The summed E-state index contributed by atoms with van der Waals surface area (Å²) in [5, 5.41) is 11.4. The zero-order valence-electron chi connectivity index (χ0n) is 9.51. The fraction of sp³-hybridized carbons (Fsp3) is 0.250. The van der Waals surface area contributed by atoms with E-state index in [0.717, 1.165) is 6.20 Å². The molecule has 0 aliphatic rings. The molecule has 1 aromatic rings. The third-order valence-corrected chi connectivity index (χ3v) is 2.14. The van der Waals surface area contributed by atoms with E-state index in [-0.39, 0.29) is 23.2 Å². The van der Waals surface area contributed by atoms with Crippen LogP contribution >= 0.6 is 0 Å². The maximum Gasteiger partial charge on any atom is 0.337 e. The maximum absolute atomic E-state index is 11.7. The van der Waals surface area contributed by atoms with Crippen LogP contribution in [0.3, 0.4) is 0 Å². The van der Waals surface area contributed by atoms with Gasteiger partial charge in [0.25, 0.3) is 5.91 Å². The van der Waals surface area contributed by atoms with Gasteiger partial charge in [-0.3, -0.25) is 9.78 Å². The molecule has 1 heterocycles. The second-order valence-corrected chi connectivity index (χ2v) is 3.64. The van der Waals surface area contributed by atoms with E-state index in [4.69, 9.17) is 5.11 Å². The maximum atomic E-state index is 11.7. The summed E-state index contributed by atoms with van der Waals surface area (Å²) in [6, 6.07) is 2.71. The SMILES string of the molecule is C=CCC(C)NC(=O)c1ccc(C(=O)O)cn1. The molecule has 0 aromatic carbocycles. The molecule has 0 fully saturated rings. The number of aromatic carboxylic acids is 1. The van der Waals surface area contributed by atoms with Crippen LogP contribution in [0, 0.1) is 0 Å². The van der Waals surface area contributed by atoms with Crippen LogP contribution in [-0.2, 0) is 0 Å². The number of nitrogens with zero attached hydrogens (tertiary/aromatic N) is 1. The number of carbonyl (C=O) groups excluding carboxylic acids is 1. The van der Waals surface area contributed by atoms with Crippen LogP contribution in [0.25, 0.3) is 0 Å². The van der Waals surface area contributed by atoms with Crippen molar-refractivity contribution in [2.45, 2.75) is 19.4 Å². The van der Waals surface area contributed by atoms with E-state index in [1.165, 1.54) is 12.1 Å². The predicted octanol–water partition coefficient (Wildman–Crippen LogP) is 1.47. The van der Waals surface area contributed by atoms with Crippen LogP contribution in [0.2, 0.25) is 0 Å². The molecule has 2 N–H and O–H groups in total. The molecule has 1 unspecified atom stereocenters. The number of carbonyl (C=O) groups is 2. The van der Waals surface area contributed by atoms with Gasteiger partial charge in [0.1, 0.15) is 5.69 Å². The van der Waals surface area contributed by atoms with Gasteiger partial charge in [-0.05, 0) is 25.5 Å². The highest BCUT2D eigenvalue weighted by molar-refractivity contribution is 5.93. The van der Waals surface area contributed by atoms with E-state index in [0.29, 0.717) is 6.42 Å². The zero-order chi connectivity index (χ0) is 12.8. The second-order valence-electron chi connectivity index (χ2n) is 3.64. The molecule has 0 saturated heterocycles. The highest BCUT2D eigenvalue weighted by Gasteiger charge is 2.11. The average Bonchev–Trinajstić information content (AvgIpc) is 2.29. The Hall–Kier alpha value is -2.17. The van der Waals surface area contributed by atoms with Crippen LogP contribution in [0.5, 0.6) is 0 Å². The van der Waals surface area contributed by atoms with Crippen molar-refractivity contribution in [2.24, 2.45) is 0 Å². The summed E-state index contributed by atoms with van der Waals surface area (Å²) in [6.07, 6.45) is 3.54. The van der Waals surface area contributed by atoms with Gasteiger partial charge in [0, 0.05) is 12.2 Å². The molecule has 17 heavy (non-hydrogen) atoms. The molecule has 0 radical (unpaired) electrons. The van der Waals surface area contributed by atoms with Crippen molar-refractivity contribution in [3.63, 3.8) is 0 Å². The van der Waals surface area contributed by atoms with Gasteiger partial charge in [0.2, 0.25) is 0 Å². The number of rotatable bonds is 5. The lowest BCUT2D eigenvalue weighted by atomic mass is 10.2. The first kappa shape index (κ1) is 12.9. The zero-order valence-corrected chi connectivity index (χ0v) is 9.51. The Bertz CT molecular complexity index is 426. The van der Waals surface area contributed by atoms with Gasteiger partial charge in [-0.15, -0.1) is 6.58 Å². The lowest BCUT2D eigenvalue weighted by molar-refractivity contribution is 0.0695.